The molecule has 3 rings (SSSR count). The summed E-state index contributed by atoms with van der Waals surface area (Å²) in [6, 6.07) is 1.56. The number of hydrogen-bond donors (Lipinski definition) is 2. The highest BCUT2D eigenvalue weighted by Crippen LogP contribution is 2.52. The smallest absolute Gasteiger partial charge is 0.391 e. The van der Waals surface area contributed by atoms with E-state index in [-0.39, 0.29) is 17.5 Å². The molecule has 0 bridgehead atoms. The number of aliphatic hydroxyl groups excluding tert-OH is 1. The van der Waals surface area contributed by atoms with Crippen LogP contribution in [0.2, 0.25) is 0 Å². The molecule has 1 saturated heterocycles. The maximum atomic E-state index is 12.5. The molecule has 114 valence electrons. The predicted molar refractivity (Wildman–Crippen MR) is 65.6 cm³/mol. The van der Waals surface area contributed by atoms with Gasteiger partial charge < -0.3 is 15.0 Å². The molecular weight excluding hydrogens is 289 g/mol. The summed E-state index contributed by atoms with van der Waals surface area (Å²) in [5, 5.41) is 9.88. The van der Waals surface area contributed by atoms with Crippen molar-refractivity contribution in [3.63, 3.8) is 0 Å². The third kappa shape index (κ3) is 2.33. The molecule has 2 aliphatic rings. The van der Waals surface area contributed by atoms with Crippen LogP contribution in [0.4, 0.5) is 13.2 Å². The number of amides is 1. The number of carbonyl (C=O) groups is 1. The van der Waals surface area contributed by atoms with Crippen LogP contribution < -0.4 is 5.56 Å². The molecule has 8 heteroatoms. The van der Waals surface area contributed by atoms with Gasteiger partial charge in [-0.05, 0) is 25.0 Å². The lowest BCUT2D eigenvalue weighted by Crippen LogP contribution is -2.34. The van der Waals surface area contributed by atoms with Crippen LogP contribution in [-0.4, -0.2) is 40.1 Å². The van der Waals surface area contributed by atoms with E-state index >= 15 is 0 Å². The number of hydrogen-bond acceptors (Lipinski definition) is 3. The minimum atomic E-state index is -4.66. The summed E-state index contributed by atoms with van der Waals surface area (Å²) in [5.41, 5.74) is -2.87. The van der Waals surface area contributed by atoms with E-state index < -0.39 is 29.4 Å². The first kappa shape index (κ1) is 14.1. The van der Waals surface area contributed by atoms with Crippen LogP contribution in [-0.2, 0) is 6.18 Å². The lowest BCUT2D eigenvalue weighted by Gasteiger charge is -2.15. The molecule has 1 saturated carbocycles. The van der Waals surface area contributed by atoms with Crippen molar-refractivity contribution in [1.82, 2.24) is 9.88 Å². The van der Waals surface area contributed by atoms with Crippen LogP contribution in [0.15, 0.2) is 16.9 Å². The Morgan fingerprint density at radius 3 is 2.52 bits per heavy atom. The fourth-order valence-corrected chi connectivity index (χ4v) is 2.74. The number of pyridine rings is 1. The van der Waals surface area contributed by atoms with Gasteiger partial charge in [0.1, 0.15) is 11.3 Å². The Hall–Kier alpha value is -1.83. The quantitative estimate of drug-likeness (QED) is 0.812. The molecule has 1 aliphatic heterocycles. The van der Waals surface area contributed by atoms with E-state index in [9.17, 15) is 27.9 Å². The van der Waals surface area contributed by atoms with E-state index in [1.165, 1.54) is 4.90 Å². The van der Waals surface area contributed by atoms with Crippen molar-refractivity contribution in [2.45, 2.75) is 25.1 Å². The highest BCUT2D eigenvalue weighted by atomic mass is 19.4. The zero-order valence-electron chi connectivity index (χ0n) is 10.9. The highest BCUT2D eigenvalue weighted by molar-refractivity contribution is 5.94. The molecule has 1 amide bonds. The summed E-state index contributed by atoms with van der Waals surface area (Å²) < 4.78 is 37.4. The first-order valence-corrected chi connectivity index (χ1v) is 6.51. The summed E-state index contributed by atoms with van der Waals surface area (Å²) in [7, 11) is 0. The summed E-state index contributed by atoms with van der Waals surface area (Å²) >= 11 is 0. The van der Waals surface area contributed by atoms with Crippen molar-refractivity contribution in [2.24, 2.45) is 5.41 Å². The summed E-state index contributed by atoms with van der Waals surface area (Å²) in [4.78, 5) is 26.9. The molecule has 1 spiro atoms. The zero-order valence-corrected chi connectivity index (χ0v) is 10.9. The van der Waals surface area contributed by atoms with Crippen LogP contribution in [0.5, 0.6) is 0 Å². The second kappa shape index (κ2) is 4.33. The maximum Gasteiger partial charge on any atom is 0.431 e. The van der Waals surface area contributed by atoms with E-state index in [1.54, 1.807) is 4.98 Å². The van der Waals surface area contributed by atoms with Gasteiger partial charge in [-0.25, -0.2) is 0 Å². The Morgan fingerprint density at radius 1 is 1.38 bits per heavy atom. The topological polar surface area (TPSA) is 73.4 Å². The fourth-order valence-electron chi connectivity index (χ4n) is 2.74. The fraction of sp³-hybridized carbons (Fsp3) is 0.538. The first-order chi connectivity index (χ1) is 9.73. The number of aliphatic hydroxyl groups is 1. The number of H-pyrrole nitrogens is 1. The molecule has 2 heterocycles. The lowest BCUT2D eigenvalue weighted by molar-refractivity contribution is -0.141. The Balaban J connectivity index is 1.84. The highest BCUT2D eigenvalue weighted by Gasteiger charge is 2.55. The van der Waals surface area contributed by atoms with Crippen LogP contribution in [0.25, 0.3) is 0 Å². The SMILES string of the molecule is O=C(c1ccc(C(F)(F)F)[nH]c1=O)N1CC(O)C2(CC2)C1. The Labute approximate surface area is 117 Å². The van der Waals surface area contributed by atoms with E-state index in [2.05, 4.69) is 0 Å². The van der Waals surface area contributed by atoms with Crippen molar-refractivity contribution >= 4 is 5.91 Å². The molecular formula is C13H13F3N2O3. The monoisotopic (exact) mass is 302 g/mol. The van der Waals surface area contributed by atoms with Crippen LogP contribution >= 0.6 is 0 Å². The number of alkyl halides is 3. The minimum absolute atomic E-state index is 0.110. The van der Waals surface area contributed by atoms with Crippen LogP contribution in [0, 0.1) is 5.41 Å². The maximum absolute atomic E-state index is 12.5. The molecule has 21 heavy (non-hydrogen) atoms. The standard InChI is InChI=1S/C13H13F3N2O3/c14-13(15,16)8-2-1-7(10(20)17-8)11(21)18-5-9(19)12(6-18)3-4-12/h1-2,9,19H,3-6H2,(H,17,20). The van der Waals surface area contributed by atoms with Gasteiger partial charge in [-0.2, -0.15) is 13.2 Å². The number of carbonyl (C=O) groups excluding carboxylic acids is 1. The minimum Gasteiger partial charge on any atom is -0.391 e. The van der Waals surface area contributed by atoms with Gasteiger partial charge in [0.25, 0.3) is 11.5 Å². The first-order valence-electron chi connectivity index (χ1n) is 6.51. The molecule has 2 fully saturated rings. The molecule has 1 aromatic heterocycles. The number of rotatable bonds is 1. The largest absolute Gasteiger partial charge is 0.431 e. The lowest BCUT2D eigenvalue weighted by atomic mass is 10.0. The Bertz CT molecular complexity index is 649. The Morgan fingerprint density at radius 2 is 2.05 bits per heavy atom. The van der Waals surface area contributed by atoms with E-state index in [4.69, 9.17) is 0 Å². The van der Waals surface area contributed by atoms with Crippen molar-refractivity contribution in [3.8, 4) is 0 Å². The number of halogens is 3. The zero-order chi connectivity index (χ0) is 15.4. The molecule has 2 N–H and O–H groups in total. The third-order valence-corrected chi connectivity index (χ3v) is 4.23. The van der Waals surface area contributed by atoms with E-state index in [1.807, 2.05) is 0 Å². The predicted octanol–water partition coefficient (Wildman–Crippen LogP) is 0.991. The molecule has 1 unspecified atom stereocenters. The van der Waals surface area contributed by atoms with Crippen molar-refractivity contribution in [2.75, 3.05) is 13.1 Å². The van der Waals surface area contributed by atoms with Gasteiger partial charge in [0.05, 0.1) is 6.10 Å². The number of aromatic amines is 1. The van der Waals surface area contributed by atoms with Gasteiger partial charge >= 0.3 is 6.18 Å². The molecule has 0 radical (unpaired) electrons. The normalized spacial score (nSPS) is 23.6. The van der Waals surface area contributed by atoms with Crippen LogP contribution in [0.1, 0.15) is 28.9 Å². The van der Waals surface area contributed by atoms with Gasteiger partial charge in [0.2, 0.25) is 0 Å². The van der Waals surface area contributed by atoms with Gasteiger partial charge in [-0.15, -0.1) is 0 Å². The van der Waals surface area contributed by atoms with Gasteiger partial charge in [-0.3, -0.25) is 9.59 Å². The van der Waals surface area contributed by atoms with Gasteiger partial charge in [-0.1, -0.05) is 0 Å². The molecule has 5 nitrogen and oxygen atoms in total. The average molecular weight is 302 g/mol. The summed E-state index contributed by atoms with van der Waals surface area (Å²) in [6.07, 6.45) is -3.65. The van der Waals surface area contributed by atoms with Crippen LogP contribution in [0.3, 0.4) is 0 Å². The number of likely N-dealkylation sites (tertiary alicyclic amines) is 1. The van der Waals surface area contributed by atoms with E-state index in [0.717, 1.165) is 18.9 Å². The van der Waals surface area contributed by atoms with Crippen molar-refractivity contribution in [3.05, 3.63) is 33.7 Å². The third-order valence-electron chi connectivity index (χ3n) is 4.23. The van der Waals surface area contributed by atoms with Crippen molar-refractivity contribution < 1.29 is 23.1 Å². The number of nitrogens with one attached hydrogen (secondary N) is 1. The molecule has 0 aromatic carbocycles. The number of aromatic nitrogens is 1. The molecule has 1 aliphatic carbocycles. The number of β-amino-alcohol motifs (C(OH)–C–C–N with tert-alkyl or cyclic N) is 1. The molecule has 1 atom stereocenters. The summed E-state index contributed by atoms with van der Waals surface area (Å²) in [6.45, 7) is 0.451. The Kier molecular flexibility index (Phi) is 2.91. The summed E-state index contributed by atoms with van der Waals surface area (Å²) in [5.74, 6) is -0.646. The van der Waals surface area contributed by atoms with Gasteiger partial charge in [0.15, 0.2) is 0 Å². The second-order valence-corrected chi connectivity index (χ2v) is 5.68. The van der Waals surface area contributed by atoms with Crippen molar-refractivity contribution in [1.29, 1.82) is 0 Å². The van der Waals surface area contributed by atoms with E-state index in [0.29, 0.717) is 12.6 Å². The van der Waals surface area contributed by atoms with Gasteiger partial charge in [0, 0.05) is 18.5 Å². The second-order valence-electron chi connectivity index (χ2n) is 5.68. The number of nitrogens with zero attached hydrogens (tertiary/aromatic N) is 1. The average Bonchev–Trinajstić information content (AvgIpc) is 3.09. The molecule has 1 aromatic rings.